The highest BCUT2D eigenvalue weighted by molar-refractivity contribution is 9.10. The van der Waals surface area contributed by atoms with Crippen LogP contribution in [0.4, 0.5) is 0 Å². The molecule has 0 radical (unpaired) electrons. The summed E-state index contributed by atoms with van der Waals surface area (Å²) in [6.07, 6.45) is 0.789. The lowest BCUT2D eigenvalue weighted by Crippen LogP contribution is -2.26. The van der Waals surface area contributed by atoms with Crippen molar-refractivity contribution in [3.8, 4) is 0 Å². The van der Waals surface area contributed by atoms with E-state index in [0.29, 0.717) is 0 Å². The van der Waals surface area contributed by atoms with Crippen molar-refractivity contribution in [2.75, 3.05) is 0 Å². The van der Waals surface area contributed by atoms with Gasteiger partial charge in [-0.1, -0.05) is 87.7 Å². The number of halogens is 1. The molecule has 1 saturated carbocycles. The van der Waals surface area contributed by atoms with E-state index in [-0.39, 0.29) is 17.2 Å². The number of benzene rings is 3. The van der Waals surface area contributed by atoms with Gasteiger partial charge in [-0.15, -0.1) is 0 Å². The highest BCUT2D eigenvalue weighted by atomic mass is 79.9. The molecular formula is C26H25BrN2O. The molecule has 0 aliphatic heterocycles. The van der Waals surface area contributed by atoms with Crippen LogP contribution < -0.4 is 5.43 Å². The zero-order valence-electron chi connectivity index (χ0n) is 17.4. The Morgan fingerprint density at radius 1 is 0.967 bits per heavy atom. The molecule has 152 valence electrons. The van der Waals surface area contributed by atoms with E-state index in [1.165, 1.54) is 22.3 Å². The van der Waals surface area contributed by atoms with Gasteiger partial charge in [0.2, 0.25) is 5.91 Å². The number of hydrogen-bond donors (Lipinski definition) is 1. The first-order valence-electron chi connectivity index (χ1n) is 10.1. The van der Waals surface area contributed by atoms with E-state index in [1.807, 2.05) is 31.2 Å². The third-order valence-corrected chi connectivity index (χ3v) is 6.41. The molecule has 0 heterocycles. The minimum Gasteiger partial charge on any atom is -0.273 e. The quantitative estimate of drug-likeness (QED) is 0.372. The molecule has 3 aromatic rings. The Bertz CT molecular complexity index is 1090. The molecule has 3 nitrogen and oxygen atoms in total. The van der Waals surface area contributed by atoms with Crippen molar-refractivity contribution in [1.29, 1.82) is 0 Å². The summed E-state index contributed by atoms with van der Waals surface area (Å²) in [6.45, 7) is 6.09. The second-order valence-electron chi connectivity index (χ2n) is 8.15. The van der Waals surface area contributed by atoms with Crippen molar-refractivity contribution in [2.24, 2.45) is 11.0 Å². The molecule has 0 aromatic heterocycles. The number of amides is 1. The number of nitrogens with zero attached hydrogens (tertiary/aromatic N) is 1. The summed E-state index contributed by atoms with van der Waals surface area (Å²) in [5.74, 6) is -0.174. The van der Waals surface area contributed by atoms with E-state index in [1.54, 1.807) is 0 Å². The van der Waals surface area contributed by atoms with Crippen molar-refractivity contribution in [2.45, 2.75) is 32.6 Å². The lowest BCUT2D eigenvalue weighted by molar-refractivity contribution is -0.122. The van der Waals surface area contributed by atoms with Crippen LogP contribution in [-0.4, -0.2) is 11.6 Å². The van der Waals surface area contributed by atoms with E-state index in [2.05, 4.69) is 88.8 Å². The number of hydrazone groups is 1. The van der Waals surface area contributed by atoms with Gasteiger partial charge in [0, 0.05) is 9.89 Å². The smallest absolute Gasteiger partial charge is 0.244 e. The minimum atomic E-state index is -0.290. The first-order chi connectivity index (χ1) is 14.4. The predicted octanol–water partition coefficient (Wildman–Crippen LogP) is 5.91. The van der Waals surface area contributed by atoms with Crippen molar-refractivity contribution in [1.82, 2.24) is 5.43 Å². The molecule has 0 spiro atoms. The van der Waals surface area contributed by atoms with Gasteiger partial charge >= 0.3 is 0 Å². The third kappa shape index (κ3) is 3.97. The summed E-state index contributed by atoms with van der Waals surface area (Å²) >= 11 is 3.48. The van der Waals surface area contributed by atoms with E-state index in [0.717, 1.165) is 22.2 Å². The van der Waals surface area contributed by atoms with Crippen LogP contribution in [0.1, 0.15) is 41.2 Å². The summed E-state index contributed by atoms with van der Waals surface area (Å²) in [5.41, 5.74) is 9.08. The van der Waals surface area contributed by atoms with Crippen LogP contribution in [0.15, 0.2) is 82.4 Å². The van der Waals surface area contributed by atoms with E-state index in [9.17, 15) is 4.79 Å². The fourth-order valence-corrected chi connectivity index (χ4v) is 4.62. The maximum absolute atomic E-state index is 13.1. The highest BCUT2D eigenvalue weighted by Gasteiger charge is 2.60. The average Bonchev–Trinajstić information content (AvgIpc) is 3.49. The molecule has 4 rings (SSSR count). The van der Waals surface area contributed by atoms with Gasteiger partial charge < -0.3 is 0 Å². The molecule has 1 aliphatic carbocycles. The van der Waals surface area contributed by atoms with E-state index in [4.69, 9.17) is 0 Å². The second-order valence-corrected chi connectivity index (χ2v) is 9.07. The molecular weight excluding hydrogens is 436 g/mol. The zero-order valence-corrected chi connectivity index (χ0v) is 19.0. The molecule has 1 unspecified atom stereocenters. The maximum Gasteiger partial charge on any atom is 0.244 e. The molecule has 30 heavy (non-hydrogen) atoms. The van der Waals surface area contributed by atoms with Gasteiger partial charge in [-0.05, 0) is 56.0 Å². The fourth-order valence-electron chi connectivity index (χ4n) is 4.22. The van der Waals surface area contributed by atoms with Gasteiger partial charge in [0.15, 0.2) is 0 Å². The lowest BCUT2D eigenvalue weighted by Gasteiger charge is -2.20. The molecule has 3 aromatic carbocycles. The van der Waals surface area contributed by atoms with E-state index < -0.39 is 0 Å². The average molecular weight is 461 g/mol. The van der Waals surface area contributed by atoms with Gasteiger partial charge in [-0.3, -0.25) is 4.79 Å². The summed E-state index contributed by atoms with van der Waals surface area (Å²) in [4.78, 5) is 13.1. The largest absolute Gasteiger partial charge is 0.273 e. The van der Waals surface area contributed by atoms with E-state index >= 15 is 0 Å². The standard InChI is InChI=1S/C26H25BrN2O/c1-17-7-4-10-21(13-17)26(22-11-5-8-18(2)14-22)16-24(26)25(30)29-28-19(3)20-9-6-12-23(27)15-20/h4-15,24H,16H2,1-3H3,(H,29,30). The Kier molecular flexibility index (Phi) is 5.61. The highest BCUT2D eigenvalue weighted by Crippen LogP contribution is 2.59. The first-order valence-corrected chi connectivity index (χ1v) is 10.9. The molecule has 4 heteroatoms. The number of carbonyl (C=O) groups excluding carboxylic acids is 1. The number of rotatable bonds is 5. The Balaban J connectivity index is 1.62. The van der Waals surface area contributed by atoms with Crippen molar-refractivity contribution < 1.29 is 4.79 Å². The topological polar surface area (TPSA) is 41.5 Å². The Labute approximate surface area is 186 Å². The monoisotopic (exact) mass is 460 g/mol. The predicted molar refractivity (Wildman–Crippen MR) is 126 cm³/mol. The zero-order chi connectivity index (χ0) is 21.3. The molecule has 1 fully saturated rings. The Morgan fingerprint density at radius 3 is 2.13 bits per heavy atom. The summed E-state index contributed by atoms with van der Waals surface area (Å²) < 4.78 is 0.987. The van der Waals surface area contributed by atoms with Crippen LogP contribution in [0.2, 0.25) is 0 Å². The number of aryl methyl sites for hydroxylation is 2. The lowest BCUT2D eigenvalue weighted by atomic mass is 9.84. The van der Waals surface area contributed by atoms with Crippen LogP contribution in [-0.2, 0) is 10.2 Å². The Hall–Kier alpha value is -2.72. The first kappa shape index (κ1) is 20.5. The van der Waals surface area contributed by atoms with Gasteiger partial charge in [0.05, 0.1) is 11.6 Å². The number of carbonyl (C=O) groups is 1. The molecule has 1 atom stereocenters. The SMILES string of the molecule is CC(=NNC(=O)C1CC1(c1cccc(C)c1)c1cccc(C)c1)c1cccc(Br)c1. The van der Waals surface area contributed by atoms with Crippen molar-refractivity contribution >= 4 is 27.5 Å². The van der Waals surface area contributed by atoms with Crippen molar-refractivity contribution in [3.63, 3.8) is 0 Å². The summed E-state index contributed by atoms with van der Waals surface area (Å²) in [5, 5.41) is 4.38. The summed E-state index contributed by atoms with van der Waals surface area (Å²) in [6, 6.07) is 24.9. The van der Waals surface area contributed by atoms with Gasteiger partial charge in [0.25, 0.3) is 0 Å². The molecule has 1 amide bonds. The van der Waals surface area contributed by atoms with Crippen LogP contribution in [0.3, 0.4) is 0 Å². The Morgan fingerprint density at radius 2 is 1.57 bits per heavy atom. The molecule has 1 N–H and O–H groups in total. The van der Waals surface area contributed by atoms with Crippen LogP contribution in [0.25, 0.3) is 0 Å². The molecule has 0 saturated heterocycles. The third-order valence-electron chi connectivity index (χ3n) is 5.92. The van der Waals surface area contributed by atoms with Gasteiger partial charge in [-0.2, -0.15) is 5.10 Å². The number of hydrogen-bond acceptors (Lipinski definition) is 2. The number of nitrogens with one attached hydrogen (secondary N) is 1. The van der Waals surface area contributed by atoms with Gasteiger partial charge in [-0.25, -0.2) is 5.43 Å². The van der Waals surface area contributed by atoms with Crippen LogP contribution in [0.5, 0.6) is 0 Å². The van der Waals surface area contributed by atoms with Gasteiger partial charge in [0.1, 0.15) is 0 Å². The molecule has 1 aliphatic rings. The van der Waals surface area contributed by atoms with Crippen molar-refractivity contribution in [3.05, 3.63) is 105 Å². The van der Waals surface area contributed by atoms with Crippen LogP contribution in [0, 0.1) is 19.8 Å². The maximum atomic E-state index is 13.1. The fraction of sp³-hybridized carbons (Fsp3) is 0.231. The molecule has 0 bridgehead atoms. The summed E-state index contributed by atoms with van der Waals surface area (Å²) in [7, 11) is 0. The normalized spacial score (nSPS) is 17.5. The van der Waals surface area contributed by atoms with Crippen LogP contribution >= 0.6 is 15.9 Å². The second kappa shape index (κ2) is 8.19. The minimum absolute atomic E-state index is 0.0349.